The van der Waals surface area contributed by atoms with Crippen LogP contribution in [0.3, 0.4) is 0 Å². The lowest BCUT2D eigenvalue weighted by Gasteiger charge is -2.37. The standard InChI is InChI=1S/C18H26N2O2/c1-20-11-10-16-15(12-20)8-3-2-6-14-7-4-5-9-17(14)22-13-18(21)19-16/h4-5,7,9,15-16H,2-3,6,8,10-13H2,1H3,(H,19,21)/t15-,16+/m0/s1. The number of fused-ring (bicyclic) bond motifs is 2. The number of nitrogens with one attached hydrogen (secondary N) is 1. The predicted molar refractivity (Wildman–Crippen MR) is 87.0 cm³/mol. The summed E-state index contributed by atoms with van der Waals surface area (Å²) >= 11 is 0. The number of amides is 1. The first-order chi connectivity index (χ1) is 10.7. The summed E-state index contributed by atoms with van der Waals surface area (Å²) in [5.74, 6) is 1.44. The van der Waals surface area contributed by atoms with Crippen molar-refractivity contribution in [3.63, 3.8) is 0 Å². The molecule has 22 heavy (non-hydrogen) atoms. The molecule has 1 N–H and O–H groups in total. The van der Waals surface area contributed by atoms with E-state index in [1.165, 1.54) is 24.8 Å². The van der Waals surface area contributed by atoms with Crippen LogP contribution in [0.15, 0.2) is 24.3 Å². The lowest BCUT2D eigenvalue weighted by atomic mass is 9.87. The Kier molecular flexibility index (Phi) is 4.98. The quantitative estimate of drug-likeness (QED) is 0.799. The Hall–Kier alpha value is -1.55. The summed E-state index contributed by atoms with van der Waals surface area (Å²) in [6, 6.07) is 8.39. The Morgan fingerprint density at radius 1 is 1.23 bits per heavy atom. The molecule has 2 aliphatic rings. The van der Waals surface area contributed by atoms with Crippen LogP contribution < -0.4 is 10.1 Å². The fraction of sp³-hybridized carbons (Fsp3) is 0.611. The summed E-state index contributed by atoms with van der Waals surface area (Å²) in [5, 5.41) is 3.20. The van der Waals surface area contributed by atoms with Gasteiger partial charge >= 0.3 is 0 Å². The zero-order valence-electron chi connectivity index (χ0n) is 13.4. The lowest BCUT2D eigenvalue weighted by Crippen LogP contribution is -2.50. The highest BCUT2D eigenvalue weighted by molar-refractivity contribution is 5.78. The molecule has 4 heteroatoms. The molecule has 0 saturated carbocycles. The van der Waals surface area contributed by atoms with Gasteiger partial charge in [-0.2, -0.15) is 0 Å². The maximum atomic E-state index is 12.2. The van der Waals surface area contributed by atoms with Crippen LogP contribution in [-0.2, 0) is 11.2 Å². The fourth-order valence-corrected chi connectivity index (χ4v) is 3.66. The zero-order chi connectivity index (χ0) is 15.4. The van der Waals surface area contributed by atoms with E-state index in [9.17, 15) is 4.79 Å². The number of carbonyl (C=O) groups excluding carboxylic acids is 1. The minimum absolute atomic E-state index is 0.00919. The van der Waals surface area contributed by atoms with Gasteiger partial charge < -0.3 is 15.0 Å². The molecule has 0 aromatic heterocycles. The van der Waals surface area contributed by atoms with Gasteiger partial charge in [0, 0.05) is 12.6 Å². The molecular weight excluding hydrogens is 276 g/mol. The van der Waals surface area contributed by atoms with E-state index in [1.807, 2.05) is 18.2 Å². The molecule has 120 valence electrons. The second kappa shape index (κ2) is 7.14. The number of aryl methyl sites for hydroxylation is 1. The van der Waals surface area contributed by atoms with Crippen molar-refractivity contribution in [1.29, 1.82) is 0 Å². The van der Waals surface area contributed by atoms with Crippen molar-refractivity contribution in [1.82, 2.24) is 10.2 Å². The largest absolute Gasteiger partial charge is 0.483 e. The molecule has 4 nitrogen and oxygen atoms in total. The van der Waals surface area contributed by atoms with E-state index in [1.54, 1.807) is 0 Å². The van der Waals surface area contributed by atoms with Gasteiger partial charge in [0.15, 0.2) is 6.61 Å². The van der Waals surface area contributed by atoms with Crippen molar-refractivity contribution in [2.24, 2.45) is 5.92 Å². The number of nitrogens with zero attached hydrogens (tertiary/aromatic N) is 1. The van der Waals surface area contributed by atoms with Crippen LogP contribution in [0.5, 0.6) is 5.75 Å². The molecule has 0 bridgehead atoms. The van der Waals surface area contributed by atoms with Crippen LogP contribution in [-0.4, -0.2) is 43.6 Å². The average Bonchev–Trinajstić information content (AvgIpc) is 2.51. The van der Waals surface area contributed by atoms with E-state index in [2.05, 4.69) is 23.3 Å². The number of hydrogen-bond acceptors (Lipinski definition) is 3. The van der Waals surface area contributed by atoms with Crippen LogP contribution in [0.2, 0.25) is 0 Å². The number of ether oxygens (including phenoxy) is 1. The van der Waals surface area contributed by atoms with Crippen molar-refractivity contribution in [3.05, 3.63) is 29.8 Å². The summed E-state index contributed by atoms with van der Waals surface area (Å²) < 4.78 is 5.75. The average molecular weight is 302 g/mol. The summed E-state index contributed by atoms with van der Waals surface area (Å²) in [4.78, 5) is 14.6. The van der Waals surface area contributed by atoms with E-state index < -0.39 is 0 Å². The van der Waals surface area contributed by atoms with Crippen molar-refractivity contribution in [2.45, 2.75) is 38.1 Å². The SMILES string of the molecule is CN1CC[C@H]2NC(=O)COc3ccccc3CCCC[C@H]2C1. The Labute approximate surface area is 132 Å². The highest BCUT2D eigenvalue weighted by atomic mass is 16.5. The highest BCUT2D eigenvalue weighted by Crippen LogP contribution is 2.25. The third-order valence-corrected chi connectivity index (χ3v) is 4.89. The number of para-hydroxylation sites is 1. The number of benzene rings is 1. The molecule has 2 atom stereocenters. The van der Waals surface area contributed by atoms with Gasteiger partial charge in [0.2, 0.25) is 0 Å². The molecule has 3 rings (SSSR count). The molecule has 0 aliphatic carbocycles. The second-order valence-electron chi connectivity index (χ2n) is 6.63. The van der Waals surface area contributed by atoms with E-state index >= 15 is 0 Å². The zero-order valence-corrected chi connectivity index (χ0v) is 13.4. The normalized spacial score (nSPS) is 27.4. The van der Waals surface area contributed by atoms with E-state index in [0.29, 0.717) is 12.0 Å². The van der Waals surface area contributed by atoms with E-state index in [-0.39, 0.29) is 12.5 Å². The molecule has 1 aromatic rings. The Morgan fingerprint density at radius 2 is 2.09 bits per heavy atom. The summed E-state index contributed by atoms with van der Waals surface area (Å²) in [6.07, 6.45) is 5.66. The topological polar surface area (TPSA) is 41.6 Å². The number of piperidine rings is 1. The van der Waals surface area contributed by atoms with Gasteiger partial charge in [-0.1, -0.05) is 24.6 Å². The van der Waals surface area contributed by atoms with Gasteiger partial charge in [-0.15, -0.1) is 0 Å². The Balaban J connectivity index is 1.72. The van der Waals surface area contributed by atoms with Gasteiger partial charge in [0.05, 0.1) is 0 Å². The Bertz CT molecular complexity index is 518. The Morgan fingerprint density at radius 3 is 3.00 bits per heavy atom. The number of likely N-dealkylation sites (tertiary alicyclic amines) is 1. The van der Waals surface area contributed by atoms with Crippen molar-refractivity contribution in [3.8, 4) is 5.75 Å². The number of hydrogen-bond donors (Lipinski definition) is 1. The summed E-state index contributed by atoms with van der Waals surface area (Å²) in [5.41, 5.74) is 1.22. The highest BCUT2D eigenvalue weighted by Gasteiger charge is 2.28. The number of rotatable bonds is 0. The lowest BCUT2D eigenvalue weighted by molar-refractivity contribution is -0.124. The third-order valence-electron chi connectivity index (χ3n) is 4.89. The predicted octanol–water partition coefficient (Wildman–Crippen LogP) is 2.23. The van der Waals surface area contributed by atoms with Crippen LogP contribution in [0.1, 0.15) is 31.2 Å². The minimum Gasteiger partial charge on any atom is -0.483 e. The second-order valence-corrected chi connectivity index (χ2v) is 6.63. The van der Waals surface area contributed by atoms with Crippen molar-refractivity contribution >= 4 is 5.91 Å². The van der Waals surface area contributed by atoms with Crippen molar-refractivity contribution in [2.75, 3.05) is 26.7 Å². The number of carbonyl (C=O) groups is 1. The van der Waals surface area contributed by atoms with Crippen LogP contribution in [0, 0.1) is 5.92 Å². The monoisotopic (exact) mass is 302 g/mol. The van der Waals surface area contributed by atoms with Crippen LogP contribution in [0.4, 0.5) is 0 Å². The molecule has 1 saturated heterocycles. The van der Waals surface area contributed by atoms with Gasteiger partial charge in [-0.3, -0.25) is 4.79 Å². The minimum atomic E-state index is 0.00919. The fourth-order valence-electron chi connectivity index (χ4n) is 3.66. The smallest absolute Gasteiger partial charge is 0.258 e. The molecule has 1 aromatic carbocycles. The first-order valence-electron chi connectivity index (χ1n) is 8.41. The molecule has 2 aliphatic heterocycles. The van der Waals surface area contributed by atoms with Gasteiger partial charge in [-0.25, -0.2) is 0 Å². The summed E-state index contributed by atoms with van der Waals surface area (Å²) in [6.45, 7) is 2.27. The van der Waals surface area contributed by atoms with Gasteiger partial charge in [0.25, 0.3) is 5.91 Å². The van der Waals surface area contributed by atoms with E-state index in [0.717, 1.165) is 31.7 Å². The molecule has 0 unspecified atom stereocenters. The third kappa shape index (κ3) is 3.80. The molecule has 0 spiro atoms. The first-order valence-corrected chi connectivity index (χ1v) is 8.41. The molecule has 1 fully saturated rings. The molecular formula is C18H26N2O2. The molecule has 2 heterocycles. The van der Waals surface area contributed by atoms with E-state index in [4.69, 9.17) is 4.74 Å². The summed E-state index contributed by atoms with van der Waals surface area (Å²) in [7, 11) is 2.17. The van der Waals surface area contributed by atoms with Crippen molar-refractivity contribution < 1.29 is 9.53 Å². The molecule has 1 amide bonds. The van der Waals surface area contributed by atoms with Crippen LogP contribution in [0.25, 0.3) is 0 Å². The maximum Gasteiger partial charge on any atom is 0.258 e. The first kappa shape index (κ1) is 15.3. The van der Waals surface area contributed by atoms with Gasteiger partial charge in [0.1, 0.15) is 5.75 Å². The van der Waals surface area contributed by atoms with Gasteiger partial charge in [-0.05, 0) is 56.8 Å². The maximum absolute atomic E-state index is 12.2. The van der Waals surface area contributed by atoms with Crippen LogP contribution >= 0.6 is 0 Å². The molecule has 0 radical (unpaired) electrons.